The molecule has 15 heavy (non-hydrogen) atoms. The lowest BCUT2D eigenvalue weighted by Gasteiger charge is -2.27. The summed E-state index contributed by atoms with van der Waals surface area (Å²) in [7, 11) is -2.81. The van der Waals surface area contributed by atoms with E-state index in [0.717, 1.165) is 10.4 Å². The van der Waals surface area contributed by atoms with Crippen LogP contribution in [0, 0.1) is 0 Å². The number of anilines is 1. The molecule has 0 atom stereocenters. The van der Waals surface area contributed by atoms with Gasteiger partial charge in [0.1, 0.15) is 10.4 Å². The second kappa shape index (κ2) is 4.09. The molecule has 2 rings (SSSR count). The Morgan fingerprint density at radius 2 is 1.93 bits per heavy atom. The summed E-state index contributed by atoms with van der Waals surface area (Å²) in [5, 5.41) is 0. The maximum atomic E-state index is 11.2. The molecule has 1 aliphatic rings. The minimum Gasteiger partial charge on any atom is -0.355 e. The van der Waals surface area contributed by atoms with Gasteiger partial charge in [0.2, 0.25) is 0 Å². The van der Waals surface area contributed by atoms with E-state index in [2.05, 4.69) is 20.9 Å². The van der Waals surface area contributed by atoms with Crippen LogP contribution < -0.4 is 4.90 Å². The second-order valence-electron chi connectivity index (χ2n) is 3.46. The number of nitrogens with zero attached hydrogens (tertiary/aromatic N) is 2. The van der Waals surface area contributed by atoms with Gasteiger partial charge in [0, 0.05) is 13.1 Å². The van der Waals surface area contributed by atoms with Crippen molar-refractivity contribution in [1.29, 1.82) is 0 Å². The summed E-state index contributed by atoms with van der Waals surface area (Å²) in [6, 6.07) is 5.64. The molecule has 82 valence electrons. The van der Waals surface area contributed by atoms with Crippen molar-refractivity contribution < 1.29 is 8.42 Å². The van der Waals surface area contributed by atoms with Gasteiger partial charge < -0.3 is 4.90 Å². The summed E-state index contributed by atoms with van der Waals surface area (Å²) in [6.07, 6.45) is 0. The van der Waals surface area contributed by atoms with Crippen LogP contribution in [0.15, 0.2) is 22.8 Å². The minimum absolute atomic E-state index is 0.223. The normalized spacial score (nSPS) is 20.2. The highest BCUT2D eigenvalue weighted by Crippen LogP contribution is 2.17. The van der Waals surface area contributed by atoms with Crippen molar-refractivity contribution in [2.75, 3.05) is 29.5 Å². The predicted molar refractivity (Wildman–Crippen MR) is 62.8 cm³/mol. The standard InChI is InChI=1S/C9H11BrN2O2S/c10-8-2-1-3-9(11-8)12-4-6-15(13,14)7-5-12/h1-3H,4-7H2. The van der Waals surface area contributed by atoms with Crippen LogP contribution in [-0.2, 0) is 9.84 Å². The molecule has 0 radical (unpaired) electrons. The van der Waals surface area contributed by atoms with Crippen LogP contribution in [0.3, 0.4) is 0 Å². The van der Waals surface area contributed by atoms with Gasteiger partial charge in [0.15, 0.2) is 9.84 Å². The minimum atomic E-state index is -2.81. The fraction of sp³-hybridized carbons (Fsp3) is 0.444. The van der Waals surface area contributed by atoms with Gasteiger partial charge in [-0.1, -0.05) is 6.07 Å². The molecule has 0 aliphatic carbocycles. The van der Waals surface area contributed by atoms with E-state index in [0.29, 0.717) is 13.1 Å². The molecule has 1 aromatic rings. The topological polar surface area (TPSA) is 50.3 Å². The molecular weight excluding hydrogens is 280 g/mol. The number of hydrogen-bond acceptors (Lipinski definition) is 4. The first-order valence-electron chi connectivity index (χ1n) is 4.65. The molecule has 0 aromatic carbocycles. The maximum Gasteiger partial charge on any atom is 0.153 e. The molecule has 1 aromatic heterocycles. The Hall–Kier alpha value is -0.620. The van der Waals surface area contributed by atoms with Crippen LogP contribution in [0.4, 0.5) is 5.82 Å². The van der Waals surface area contributed by atoms with Crippen LogP contribution in [0.5, 0.6) is 0 Å². The number of sulfone groups is 1. The molecule has 0 bridgehead atoms. The summed E-state index contributed by atoms with van der Waals surface area (Å²) in [5.41, 5.74) is 0. The zero-order valence-corrected chi connectivity index (χ0v) is 10.5. The van der Waals surface area contributed by atoms with Crippen LogP contribution in [0.2, 0.25) is 0 Å². The van der Waals surface area contributed by atoms with Crippen LogP contribution >= 0.6 is 15.9 Å². The van der Waals surface area contributed by atoms with Crippen molar-refractivity contribution in [2.24, 2.45) is 0 Å². The molecule has 0 spiro atoms. The van der Waals surface area contributed by atoms with E-state index in [9.17, 15) is 8.42 Å². The number of aromatic nitrogens is 1. The lowest BCUT2D eigenvalue weighted by atomic mass is 10.4. The second-order valence-corrected chi connectivity index (χ2v) is 6.57. The van der Waals surface area contributed by atoms with E-state index in [1.807, 2.05) is 23.1 Å². The smallest absolute Gasteiger partial charge is 0.153 e. The summed E-state index contributed by atoms with van der Waals surface area (Å²) >= 11 is 3.30. The number of halogens is 1. The SMILES string of the molecule is O=S1(=O)CCN(c2cccc(Br)n2)CC1. The molecular formula is C9H11BrN2O2S. The lowest BCUT2D eigenvalue weighted by Crippen LogP contribution is -2.40. The molecule has 4 nitrogen and oxygen atoms in total. The molecule has 0 unspecified atom stereocenters. The van der Waals surface area contributed by atoms with E-state index in [1.54, 1.807) is 0 Å². The molecule has 0 amide bonds. The zero-order valence-electron chi connectivity index (χ0n) is 8.06. The van der Waals surface area contributed by atoms with E-state index < -0.39 is 9.84 Å². The molecule has 0 saturated carbocycles. The third kappa shape index (κ3) is 2.69. The summed E-state index contributed by atoms with van der Waals surface area (Å²) in [6.45, 7) is 1.07. The fourth-order valence-electron chi connectivity index (χ4n) is 1.52. The third-order valence-electron chi connectivity index (χ3n) is 2.37. The van der Waals surface area contributed by atoms with Crippen molar-refractivity contribution in [3.63, 3.8) is 0 Å². The number of pyridine rings is 1. The van der Waals surface area contributed by atoms with Gasteiger partial charge in [-0.05, 0) is 28.1 Å². The average molecular weight is 291 g/mol. The highest BCUT2D eigenvalue weighted by molar-refractivity contribution is 9.10. The van der Waals surface area contributed by atoms with Crippen molar-refractivity contribution in [3.8, 4) is 0 Å². The van der Waals surface area contributed by atoms with Crippen LogP contribution in [-0.4, -0.2) is 38.0 Å². The van der Waals surface area contributed by atoms with E-state index in [-0.39, 0.29) is 11.5 Å². The molecule has 2 heterocycles. The van der Waals surface area contributed by atoms with Gasteiger partial charge in [-0.2, -0.15) is 0 Å². The van der Waals surface area contributed by atoms with Crippen molar-refractivity contribution in [2.45, 2.75) is 0 Å². The molecule has 1 aliphatic heterocycles. The molecule has 0 N–H and O–H groups in total. The Kier molecular flexibility index (Phi) is 2.97. The maximum absolute atomic E-state index is 11.2. The quantitative estimate of drug-likeness (QED) is 0.727. The summed E-state index contributed by atoms with van der Waals surface area (Å²) in [5.74, 6) is 1.28. The largest absolute Gasteiger partial charge is 0.355 e. The van der Waals surface area contributed by atoms with E-state index in [1.165, 1.54) is 0 Å². The average Bonchev–Trinajstić information content (AvgIpc) is 2.17. The highest BCUT2D eigenvalue weighted by Gasteiger charge is 2.22. The lowest BCUT2D eigenvalue weighted by molar-refractivity contribution is 0.586. The first-order valence-corrected chi connectivity index (χ1v) is 7.26. The third-order valence-corrected chi connectivity index (χ3v) is 4.42. The zero-order chi connectivity index (χ0) is 10.9. The molecule has 1 saturated heterocycles. The van der Waals surface area contributed by atoms with Gasteiger partial charge in [0.25, 0.3) is 0 Å². The Labute approximate surface area is 97.4 Å². The van der Waals surface area contributed by atoms with E-state index in [4.69, 9.17) is 0 Å². The van der Waals surface area contributed by atoms with Gasteiger partial charge in [0.05, 0.1) is 11.5 Å². The monoisotopic (exact) mass is 290 g/mol. The van der Waals surface area contributed by atoms with Gasteiger partial charge in [-0.3, -0.25) is 0 Å². The van der Waals surface area contributed by atoms with Crippen molar-refractivity contribution in [3.05, 3.63) is 22.8 Å². The summed E-state index contributed by atoms with van der Waals surface area (Å²) in [4.78, 5) is 6.28. The Balaban J connectivity index is 2.14. The van der Waals surface area contributed by atoms with E-state index >= 15 is 0 Å². The molecule has 6 heteroatoms. The first kappa shape index (κ1) is 10.9. The fourth-order valence-corrected chi connectivity index (χ4v) is 3.05. The first-order chi connectivity index (χ1) is 7.07. The number of rotatable bonds is 1. The van der Waals surface area contributed by atoms with Crippen molar-refractivity contribution >= 4 is 31.6 Å². The van der Waals surface area contributed by atoms with Crippen molar-refractivity contribution in [1.82, 2.24) is 4.98 Å². The van der Waals surface area contributed by atoms with Crippen LogP contribution in [0.25, 0.3) is 0 Å². The highest BCUT2D eigenvalue weighted by atomic mass is 79.9. The molecule has 1 fully saturated rings. The Bertz CT molecular complexity index is 447. The Morgan fingerprint density at radius 3 is 2.53 bits per heavy atom. The summed E-state index contributed by atoms with van der Waals surface area (Å²) < 4.78 is 23.2. The van der Waals surface area contributed by atoms with Gasteiger partial charge in [-0.15, -0.1) is 0 Å². The van der Waals surface area contributed by atoms with Crippen LogP contribution in [0.1, 0.15) is 0 Å². The Morgan fingerprint density at radius 1 is 1.27 bits per heavy atom. The number of hydrogen-bond donors (Lipinski definition) is 0. The predicted octanol–water partition coefficient (Wildman–Crippen LogP) is 1.08. The van der Waals surface area contributed by atoms with Gasteiger partial charge in [-0.25, -0.2) is 13.4 Å². The van der Waals surface area contributed by atoms with Gasteiger partial charge >= 0.3 is 0 Å².